The molecular weight excluding hydrogens is 387 g/mol. The first-order valence-corrected chi connectivity index (χ1v) is 8.93. The second-order valence-electron chi connectivity index (χ2n) is 6.89. The zero-order chi connectivity index (χ0) is 18.2. The van der Waals surface area contributed by atoms with E-state index in [0.717, 1.165) is 19.4 Å². The van der Waals surface area contributed by atoms with Gasteiger partial charge in [0.1, 0.15) is 23.6 Å². The maximum Gasteiger partial charge on any atom is 0.573 e. The van der Waals surface area contributed by atoms with Crippen molar-refractivity contribution in [3.63, 3.8) is 0 Å². The lowest BCUT2D eigenvalue weighted by Gasteiger charge is -2.36. The van der Waals surface area contributed by atoms with Crippen LogP contribution in [-0.4, -0.2) is 51.0 Å². The van der Waals surface area contributed by atoms with Gasteiger partial charge in [-0.2, -0.15) is 0 Å². The summed E-state index contributed by atoms with van der Waals surface area (Å²) in [5.41, 5.74) is -0.215. The number of hydrogen-bond donors (Lipinski definition) is 1. The zero-order valence-corrected chi connectivity index (χ0v) is 15.5. The summed E-state index contributed by atoms with van der Waals surface area (Å²) in [5.74, 6) is -0.0344. The van der Waals surface area contributed by atoms with E-state index in [2.05, 4.69) is 10.1 Å². The maximum absolute atomic E-state index is 12.8. The summed E-state index contributed by atoms with van der Waals surface area (Å²) in [6.45, 7) is 3.20. The van der Waals surface area contributed by atoms with Gasteiger partial charge in [-0.05, 0) is 24.8 Å². The minimum atomic E-state index is -4.74. The predicted molar refractivity (Wildman–Crippen MR) is 93.1 cm³/mol. The minimum absolute atomic E-state index is 0. The van der Waals surface area contributed by atoms with Gasteiger partial charge in [0.2, 0.25) is 0 Å². The maximum atomic E-state index is 12.8. The largest absolute Gasteiger partial charge is 0.573 e. The Morgan fingerprint density at radius 1 is 1.11 bits per heavy atom. The molecule has 1 aromatic carbocycles. The van der Waals surface area contributed by atoms with Crippen molar-refractivity contribution in [2.45, 2.75) is 37.0 Å². The summed E-state index contributed by atoms with van der Waals surface area (Å²) < 4.78 is 60.2. The van der Waals surface area contributed by atoms with Crippen LogP contribution in [0.3, 0.4) is 0 Å². The molecule has 27 heavy (non-hydrogen) atoms. The molecule has 0 aliphatic carbocycles. The molecule has 0 radical (unpaired) electrons. The highest BCUT2D eigenvalue weighted by atomic mass is 35.5. The van der Waals surface area contributed by atoms with E-state index in [1.165, 1.54) is 12.1 Å². The van der Waals surface area contributed by atoms with Crippen molar-refractivity contribution in [1.29, 1.82) is 0 Å². The van der Waals surface area contributed by atoms with Crippen molar-refractivity contribution in [1.82, 2.24) is 5.32 Å². The van der Waals surface area contributed by atoms with Gasteiger partial charge in [-0.15, -0.1) is 25.6 Å². The number of benzene rings is 1. The van der Waals surface area contributed by atoms with Gasteiger partial charge in [-0.1, -0.05) is 18.2 Å². The number of morpholine rings is 1. The second-order valence-corrected chi connectivity index (χ2v) is 6.89. The lowest BCUT2D eigenvalue weighted by Crippen LogP contribution is -2.51. The fourth-order valence-corrected chi connectivity index (χ4v) is 4.21. The summed E-state index contributed by atoms with van der Waals surface area (Å²) in [5, 5.41) is 3.30. The van der Waals surface area contributed by atoms with Gasteiger partial charge < -0.3 is 24.3 Å². The van der Waals surface area contributed by atoms with Gasteiger partial charge in [-0.25, -0.2) is 0 Å². The molecule has 0 saturated carbocycles. The highest BCUT2D eigenvalue weighted by Gasteiger charge is 2.67. The average Bonchev–Trinajstić information content (AvgIpc) is 3.39. The van der Waals surface area contributed by atoms with Crippen LogP contribution in [0.15, 0.2) is 24.3 Å². The number of para-hydroxylation sites is 1. The second kappa shape index (κ2) is 8.13. The molecule has 3 heterocycles. The third kappa shape index (κ3) is 4.19. The number of epoxide rings is 1. The number of nitrogens with one attached hydrogen (secondary N) is 1. The van der Waals surface area contributed by atoms with Crippen LogP contribution in [0.25, 0.3) is 0 Å². The number of ether oxygens (including phenoxy) is 4. The van der Waals surface area contributed by atoms with E-state index < -0.39 is 18.1 Å². The van der Waals surface area contributed by atoms with E-state index in [0.29, 0.717) is 31.9 Å². The highest BCUT2D eigenvalue weighted by molar-refractivity contribution is 5.85. The van der Waals surface area contributed by atoms with Crippen LogP contribution in [0.4, 0.5) is 13.2 Å². The molecule has 1 aromatic rings. The predicted octanol–water partition coefficient (Wildman–Crippen LogP) is 3.23. The molecule has 4 rings (SSSR count). The lowest BCUT2D eigenvalue weighted by molar-refractivity contribution is -0.275. The van der Waals surface area contributed by atoms with E-state index in [1.807, 2.05) is 0 Å². The van der Waals surface area contributed by atoms with Crippen LogP contribution in [0, 0.1) is 5.92 Å². The molecule has 3 aliphatic rings. The number of rotatable bonds is 4. The van der Waals surface area contributed by atoms with Gasteiger partial charge in [0.05, 0.1) is 6.61 Å². The van der Waals surface area contributed by atoms with Crippen LogP contribution < -0.4 is 10.1 Å². The minimum Gasteiger partial charge on any atom is -0.405 e. The van der Waals surface area contributed by atoms with Crippen LogP contribution in [0.2, 0.25) is 0 Å². The Kier molecular flexibility index (Phi) is 6.22. The molecule has 3 saturated heterocycles. The van der Waals surface area contributed by atoms with E-state index in [-0.39, 0.29) is 30.2 Å². The SMILES string of the molecule is Cl.FC(F)(F)Oc1ccccc1C1OC1(C1CCOCC1)C1CNCCO1. The summed E-state index contributed by atoms with van der Waals surface area (Å²) in [7, 11) is 0. The van der Waals surface area contributed by atoms with E-state index in [9.17, 15) is 13.2 Å². The smallest absolute Gasteiger partial charge is 0.405 e. The molecule has 0 bridgehead atoms. The molecule has 3 atom stereocenters. The molecule has 0 spiro atoms. The van der Waals surface area contributed by atoms with Gasteiger partial charge in [-0.3, -0.25) is 0 Å². The first-order valence-electron chi connectivity index (χ1n) is 8.93. The van der Waals surface area contributed by atoms with Crippen LogP contribution in [0.5, 0.6) is 5.75 Å². The summed E-state index contributed by atoms with van der Waals surface area (Å²) in [6, 6.07) is 6.21. The molecule has 5 nitrogen and oxygen atoms in total. The summed E-state index contributed by atoms with van der Waals surface area (Å²) in [4.78, 5) is 0. The lowest BCUT2D eigenvalue weighted by atomic mass is 9.77. The van der Waals surface area contributed by atoms with Gasteiger partial charge in [0.15, 0.2) is 0 Å². The van der Waals surface area contributed by atoms with Crippen molar-refractivity contribution >= 4 is 12.4 Å². The number of alkyl halides is 3. The molecule has 3 unspecified atom stereocenters. The molecule has 0 aromatic heterocycles. The number of hydrogen-bond acceptors (Lipinski definition) is 5. The fraction of sp³-hybridized carbons (Fsp3) is 0.667. The Hall–Kier alpha value is -1.06. The first kappa shape index (κ1) is 20.7. The first-order chi connectivity index (χ1) is 12.5. The van der Waals surface area contributed by atoms with Gasteiger partial charge in [0.25, 0.3) is 0 Å². The third-order valence-corrected chi connectivity index (χ3v) is 5.39. The number of halogens is 4. The normalized spacial score (nSPS) is 31.8. The van der Waals surface area contributed by atoms with Gasteiger partial charge in [0, 0.05) is 31.9 Å². The van der Waals surface area contributed by atoms with Crippen molar-refractivity contribution in [2.24, 2.45) is 5.92 Å². The molecule has 9 heteroatoms. The monoisotopic (exact) mass is 409 g/mol. The van der Waals surface area contributed by atoms with E-state index in [4.69, 9.17) is 14.2 Å². The van der Waals surface area contributed by atoms with Crippen molar-refractivity contribution in [2.75, 3.05) is 32.9 Å². The summed E-state index contributed by atoms with van der Waals surface area (Å²) >= 11 is 0. The zero-order valence-electron chi connectivity index (χ0n) is 14.7. The Morgan fingerprint density at radius 2 is 1.85 bits per heavy atom. The fourth-order valence-electron chi connectivity index (χ4n) is 4.21. The molecule has 3 fully saturated rings. The van der Waals surface area contributed by atoms with Crippen LogP contribution >= 0.6 is 12.4 Å². The van der Waals surface area contributed by atoms with Crippen molar-refractivity contribution < 1.29 is 32.1 Å². The Balaban J connectivity index is 0.00000210. The Bertz CT molecular complexity index is 615. The molecule has 152 valence electrons. The Morgan fingerprint density at radius 3 is 2.52 bits per heavy atom. The highest BCUT2D eigenvalue weighted by Crippen LogP contribution is 2.61. The standard InChI is InChI=1S/C18H22F3NO4.ClH/c19-18(20,21)25-14-4-2-1-3-13(14)16-17(26-16,12-5-8-23-9-6-12)15-11-22-7-10-24-15;/h1-4,12,15-16,22H,5-11H2;1H. The average molecular weight is 410 g/mol. The molecular formula is C18H23ClF3NO4. The molecule has 1 N–H and O–H groups in total. The Labute approximate surface area is 161 Å². The van der Waals surface area contributed by atoms with Crippen molar-refractivity contribution in [3.05, 3.63) is 29.8 Å². The van der Waals surface area contributed by atoms with Crippen LogP contribution in [-0.2, 0) is 14.2 Å². The topological polar surface area (TPSA) is 52.2 Å². The molecule has 3 aliphatic heterocycles. The summed E-state index contributed by atoms with van der Waals surface area (Å²) in [6.07, 6.45) is -3.82. The molecule has 0 amide bonds. The quantitative estimate of drug-likeness (QED) is 0.774. The van der Waals surface area contributed by atoms with E-state index in [1.54, 1.807) is 12.1 Å². The van der Waals surface area contributed by atoms with Gasteiger partial charge >= 0.3 is 6.36 Å². The van der Waals surface area contributed by atoms with Crippen LogP contribution in [0.1, 0.15) is 24.5 Å². The van der Waals surface area contributed by atoms with E-state index >= 15 is 0 Å². The van der Waals surface area contributed by atoms with Crippen molar-refractivity contribution in [3.8, 4) is 5.75 Å². The third-order valence-electron chi connectivity index (χ3n) is 5.39.